The summed E-state index contributed by atoms with van der Waals surface area (Å²) in [4.78, 5) is 43.1. The summed E-state index contributed by atoms with van der Waals surface area (Å²) in [6.07, 6.45) is 1.80. The van der Waals surface area contributed by atoms with Gasteiger partial charge >= 0.3 is 0 Å². The molecule has 3 aromatic rings. The van der Waals surface area contributed by atoms with Crippen molar-refractivity contribution in [2.75, 3.05) is 0 Å². The number of Topliss-reactive ketones (excluding diaryl/α,β-unsaturated/α-hetero) is 1. The van der Waals surface area contributed by atoms with E-state index in [1.54, 1.807) is 0 Å². The molecule has 0 fully saturated rings. The Bertz CT molecular complexity index is 1050. The van der Waals surface area contributed by atoms with Gasteiger partial charge in [0.25, 0.3) is 5.56 Å². The molecule has 2 heterocycles. The molecule has 1 N–H and O–H groups in total. The third kappa shape index (κ3) is 4.14. The topological polar surface area (TPSA) is 81.1 Å². The van der Waals surface area contributed by atoms with Gasteiger partial charge in [0.1, 0.15) is 11.4 Å². The van der Waals surface area contributed by atoms with Crippen LogP contribution in [-0.2, 0) is 22.6 Å². The van der Waals surface area contributed by atoms with Gasteiger partial charge in [-0.3, -0.25) is 19.0 Å². The molecule has 6 nitrogen and oxygen atoms in total. The fourth-order valence-electron chi connectivity index (χ4n) is 2.92. The van der Waals surface area contributed by atoms with E-state index < -0.39 is 6.04 Å². The monoisotopic (exact) mass is 383 g/mol. The Morgan fingerprint density at radius 2 is 1.93 bits per heavy atom. The van der Waals surface area contributed by atoms with Crippen LogP contribution < -0.4 is 10.9 Å². The summed E-state index contributed by atoms with van der Waals surface area (Å²) in [5.74, 6) is -0.517. The summed E-state index contributed by atoms with van der Waals surface area (Å²) in [6, 6.07) is 8.87. The average molecular weight is 383 g/mol. The number of ketones is 1. The molecule has 1 atom stereocenters. The van der Waals surface area contributed by atoms with E-state index in [9.17, 15) is 14.4 Å². The van der Waals surface area contributed by atoms with E-state index >= 15 is 0 Å². The molecule has 0 saturated carbocycles. The fraction of sp³-hybridized carbons (Fsp3) is 0.300. The molecule has 0 saturated heterocycles. The normalized spacial score (nSPS) is 12.1. The Labute approximate surface area is 160 Å². The lowest BCUT2D eigenvalue weighted by Gasteiger charge is -2.16. The van der Waals surface area contributed by atoms with Crippen LogP contribution >= 0.6 is 11.3 Å². The summed E-state index contributed by atoms with van der Waals surface area (Å²) in [5, 5.41) is 3.29. The quantitative estimate of drug-likeness (QED) is 0.709. The number of aryl methyl sites for hydroxylation is 2. The predicted octanol–water partition coefficient (Wildman–Crippen LogP) is 2.39. The van der Waals surface area contributed by atoms with Gasteiger partial charge in [-0.1, -0.05) is 30.3 Å². The molecule has 7 heteroatoms. The number of thiophene rings is 1. The average Bonchev–Trinajstić information content (AvgIpc) is 2.92. The first kappa shape index (κ1) is 19.0. The smallest absolute Gasteiger partial charge is 0.262 e. The van der Waals surface area contributed by atoms with Crippen LogP contribution in [0.25, 0.3) is 10.2 Å². The van der Waals surface area contributed by atoms with Crippen molar-refractivity contribution >= 4 is 33.2 Å². The Morgan fingerprint density at radius 3 is 2.59 bits per heavy atom. The molecule has 0 radical (unpaired) electrons. The number of nitrogens with zero attached hydrogens (tertiary/aromatic N) is 2. The Hall–Kier alpha value is -2.80. The van der Waals surface area contributed by atoms with Crippen LogP contribution in [0.3, 0.4) is 0 Å². The number of amides is 1. The zero-order chi connectivity index (χ0) is 19.6. The first-order valence-corrected chi connectivity index (χ1v) is 9.47. The summed E-state index contributed by atoms with van der Waals surface area (Å²) in [6.45, 7) is 5.10. The maximum atomic E-state index is 12.7. The molecule has 2 aromatic heterocycles. The Balaban J connectivity index is 1.77. The second kappa shape index (κ2) is 7.84. The minimum Gasteiger partial charge on any atom is -0.344 e. The van der Waals surface area contributed by atoms with Crippen LogP contribution in [0.5, 0.6) is 0 Å². The number of nitrogens with one attached hydrogen (secondary N) is 1. The predicted molar refractivity (Wildman–Crippen MR) is 106 cm³/mol. The van der Waals surface area contributed by atoms with Crippen molar-refractivity contribution < 1.29 is 9.59 Å². The first-order valence-electron chi connectivity index (χ1n) is 8.65. The SMILES string of the molecule is CC(=O)[C@@H](Cc1ccccc1)NC(=O)Cn1cnc2sc(C)c(C)c2c1=O. The molecule has 27 heavy (non-hydrogen) atoms. The molecular formula is C20H21N3O3S. The third-order valence-corrected chi connectivity index (χ3v) is 5.69. The van der Waals surface area contributed by atoms with Gasteiger partial charge in [0, 0.05) is 4.88 Å². The number of hydrogen-bond donors (Lipinski definition) is 1. The zero-order valence-electron chi connectivity index (χ0n) is 15.5. The minimum atomic E-state index is -0.627. The lowest BCUT2D eigenvalue weighted by molar-refractivity contribution is -0.127. The molecule has 1 aromatic carbocycles. The van der Waals surface area contributed by atoms with Gasteiger partial charge in [-0.2, -0.15) is 0 Å². The Kier molecular flexibility index (Phi) is 5.51. The van der Waals surface area contributed by atoms with Crippen LogP contribution in [0.15, 0.2) is 41.5 Å². The van der Waals surface area contributed by atoms with Crippen molar-refractivity contribution in [3.05, 3.63) is 63.0 Å². The van der Waals surface area contributed by atoms with Gasteiger partial charge in [-0.25, -0.2) is 4.98 Å². The third-order valence-electron chi connectivity index (χ3n) is 4.58. The highest BCUT2D eigenvalue weighted by molar-refractivity contribution is 7.18. The van der Waals surface area contributed by atoms with Crippen LogP contribution in [0.4, 0.5) is 0 Å². The van der Waals surface area contributed by atoms with E-state index in [0.717, 1.165) is 16.0 Å². The molecule has 3 rings (SSSR count). The van der Waals surface area contributed by atoms with E-state index in [4.69, 9.17) is 0 Å². The van der Waals surface area contributed by atoms with Gasteiger partial charge in [-0.15, -0.1) is 11.3 Å². The number of fused-ring (bicyclic) bond motifs is 1. The first-order chi connectivity index (χ1) is 12.9. The van der Waals surface area contributed by atoms with Gasteiger partial charge in [0.05, 0.1) is 17.8 Å². The van der Waals surface area contributed by atoms with Crippen molar-refractivity contribution in [1.29, 1.82) is 0 Å². The van der Waals surface area contributed by atoms with Gasteiger partial charge in [-0.05, 0) is 38.3 Å². The van der Waals surface area contributed by atoms with E-state index in [2.05, 4.69) is 10.3 Å². The van der Waals surface area contributed by atoms with Gasteiger partial charge < -0.3 is 5.32 Å². The van der Waals surface area contributed by atoms with E-state index in [0.29, 0.717) is 16.6 Å². The van der Waals surface area contributed by atoms with Crippen LogP contribution in [0.1, 0.15) is 22.9 Å². The number of carbonyl (C=O) groups excluding carboxylic acids is 2. The van der Waals surface area contributed by atoms with Gasteiger partial charge in [0.2, 0.25) is 5.91 Å². The molecule has 0 spiro atoms. The van der Waals surface area contributed by atoms with E-state index in [-0.39, 0.29) is 23.8 Å². The molecule has 0 aliphatic heterocycles. The second-order valence-corrected chi connectivity index (χ2v) is 7.76. The van der Waals surface area contributed by atoms with Crippen molar-refractivity contribution in [3.63, 3.8) is 0 Å². The largest absolute Gasteiger partial charge is 0.344 e. The highest BCUT2D eigenvalue weighted by atomic mass is 32.1. The van der Waals surface area contributed by atoms with Crippen LogP contribution in [0.2, 0.25) is 0 Å². The number of carbonyl (C=O) groups is 2. The van der Waals surface area contributed by atoms with Crippen LogP contribution in [0, 0.1) is 13.8 Å². The summed E-state index contributed by atoms with van der Waals surface area (Å²) >= 11 is 1.47. The molecular weight excluding hydrogens is 362 g/mol. The summed E-state index contributed by atoms with van der Waals surface area (Å²) in [5.41, 5.74) is 1.62. The Morgan fingerprint density at radius 1 is 1.22 bits per heavy atom. The van der Waals surface area contributed by atoms with E-state index in [1.165, 1.54) is 29.2 Å². The van der Waals surface area contributed by atoms with Crippen molar-refractivity contribution in [3.8, 4) is 0 Å². The van der Waals surface area contributed by atoms with Gasteiger partial charge in [0.15, 0.2) is 5.78 Å². The van der Waals surface area contributed by atoms with E-state index in [1.807, 2.05) is 44.2 Å². The van der Waals surface area contributed by atoms with Crippen molar-refractivity contribution in [2.45, 2.75) is 39.8 Å². The zero-order valence-corrected chi connectivity index (χ0v) is 16.3. The molecule has 0 unspecified atom stereocenters. The van der Waals surface area contributed by atoms with Crippen molar-refractivity contribution in [1.82, 2.24) is 14.9 Å². The number of rotatable bonds is 6. The molecule has 1 amide bonds. The molecule has 0 aliphatic carbocycles. The second-order valence-electron chi connectivity index (χ2n) is 6.56. The van der Waals surface area contributed by atoms with Crippen molar-refractivity contribution in [2.24, 2.45) is 0 Å². The molecule has 0 bridgehead atoms. The highest BCUT2D eigenvalue weighted by Gasteiger charge is 2.19. The standard InChI is InChI=1S/C20H21N3O3S/c1-12-14(3)27-19-18(12)20(26)23(11-21-19)10-17(25)22-16(13(2)24)9-15-7-5-4-6-8-15/h4-8,11,16H,9-10H2,1-3H3,(H,22,25)/t16-/m1/s1. The fourth-order valence-corrected chi connectivity index (χ4v) is 3.91. The van der Waals surface area contributed by atoms with Crippen LogP contribution in [-0.4, -0.2) is 27.3 Å². The number of hydrogen-bond acceptors (Lipinski definition) is 5. The lowest BCUT2D eigenvalue weighted by Crippen LogP contribution is -2.43. The molecule has 0 aliphatic rings. The lowest BCUT2D eigenvalue weighted by atomic mass is 10.0. The summed E-state index contributed by atoms with van der Waals surface area (Å²) < 4.78 is 1.29. The maximum absolute atomic E-state index is 12.7. The molecule has 140 valence electrons. The maximum Gasteiger partial charge on any atom is 0.262 e. The summed E-state index contributed by atoms with van der Waals surface area (Å²) in [7, 11) is 0. The number of benzene rings is 1. The number of aromatic nitrogens is 2. The highest BCUT2D eigenvalue weighted by Crippen LogP contribution is 2.25. The minimum absolute atomic E-state index is 0.127.